The Morgan fingerprint density at radius 3 is 1.39 bits per heavy atom. The largest absolute Gasteiger partial charge is 0.403 e. The van der Waals surface area contributed by atoms with Crippen LogP contribution in [-0.4, -0.2) is 114 Å². The standard InChI is InChI=1S/C10H18BN2O4.C10H16BN2O2.C9H14BN2O3.C9H14BN2O2/c1-11-13-9(16)7-4-10(5-14,17-2)3-6(7)8(12)15;1-11-13-9(15)7-5-10(2-3-10)4-6(7)8(12)14;1-10-12-8(14)6-3-9(4-15-9)2-5(6)7(11)13;1-5-3-6(8(11)13)7(4-5)9(14)12-10-2/h6-7,14H,3-5H2,1-2H3,(H2,12,15)(H,13,16);6-7H,2-5H2,1H3,(H2,12,14)(H,13,15);5-6H,2-4H2,1H3,(H2,11,13)(H,12,14);6-7H,1,3-4H2,2H3,(H2,11,13)(H,12,14)/t6-,7-,10?;6-,7-;5-,6-,9?;6-,7-/m0000/s1/i/hD4. The number of carbonyl (C=O) groups excluding carboxylic acids is 8. The first-order valence-electron chi connectivity index (χ1n) is 22.5. The van der Waals surface area contributed by atoms with Crippen LogP contribution in [0.15, 0.2) is 12.2 Å². The lowest BCUT2D eigenvalue weighted by Gasteiger charge is -2.24. The van der Waals surface area contributed by atoms with Gasteiger partial charge in [-0.05, 0) is 69.6 Å². The van der Waals surface area contributed by atoms with Gasteiger partial charge in [0.1, 0.15) is 0 Å². The average Bonchev–Trinajstić information content (AvgIpc) is 3.98. The minimum atomic E-state index is -0.882. The summed E-state index contributed by atoms with van der Waals surface area (Å²) in [6.45, 7) is 11.0. The first kappa shape index (κ1) is 44.7. The van der Waals surface area contributed by atoms with Gasteiger partial charge in [0.25, 0.3) is 0 Å². The first-order valence-corrected chi connectivity index (χ1v) is 20.5. The fourth-order valence-corrected chi connectivity index (χ4v) is 9.11. The number of allylic oxidation sites excluding steroid dienone is 1. The SMILES string of the molecule is [2H]NC(=O)[C@H]1CC(=C)C[C@@H]1C(=O)N[B]C.[2H]NC(=O)[C@H]1CC(CO)(OC)C[C@@H]1C(=O)N[B]C.[2H]NC(=O)[C@H]1CC2(CC2)C[C@@H]1C(=O)N[B]C.[2H]NC(=O)[C@H]1CC2(CO2)C[C@@H]1C(=O)N[B]C. The second-order valence-corrected chi connectivity index (χ2v) is 16.9. The Morgan fingerprint density at radius 2 is 0.984 bits per heavy atom. The van der Waals surface area contributed by atoms with Gasteiger partial charge in [0.15, 0.2) is 5.65 Å². The fraction of sp³-hybridized carbons (Fsp3) is 0.737. The van der Waals surface area contributed by atoms with Crippen LogP contribution < -0.4 is 43.8 Å². The van der Waals surface area contributed by atoms with E-state index in [0.717, 1.165) is 31.3 Å². The number of carbonyl (C=O) groups is 8. The smallest absolute Gasteiger partial charge is 0.242 e. The Labute approximate surface area is 366 Å². The number of methoxy groups -OCH3 is 1. The second-order valence-electron chi connectivity index (χ2n) is 16.9. The number of nitrogens with two attached hydrogens (primary N) is 4. The van der Waals surface area contributed by atoms with E-state index in [-0.39, 0.29) is 83.7 Å². The molecule has 1 aliphatic heterocycles. The molecule has 13 N–H and O–H groups in total. The van der Waals surface area contributed by atoms with Gasteiger partial charge in [0, 0.05) is 18.9 Å². The summed E-state index contributed by atoms with van der Waals surface area (Å²) < 4.78 is 38.1. The Morgan fingerprint density at radius 1 is 0.639 bits per heavy atom. The number of ether oxygens (including phenoxy) is 2. The van der Waals surface area contributed by atoms with Crippen molar-refractivity contribution in [2.45, 2.75) is 103 Å². The van der Waals surface area contributed by atoms with E-state index < -0.39 is 47.0 Å². The molecule has 2 spiro atoms. The summed E-state index contributed by atoms with van der Waals surface area (Å²) in [6.07, 6.45) is 6.42. The Kier molecular flexibility index (Phi) is 16.2. The number of amides is 8. The summed E-state index contributed by atoms with van der Waals surface area (Å²) in [7, 11) is 7.62. The van der Waals surface area contributed by atoms with Crippen molar-refractivity contribution in [2.24, 2.45) is 75.7 Å². The molecule has 5 aliphatic carbocycles. The number of nitrogens with one attached hydrogen (secondary N) is 4. The molecule has 8 amide bonds. The molecule has 1 heterocycles. The third-order valence-electron chi connectivity index (χ3n) is 12.7. The predicted molar refractivity (Wildman–Crippen MR) is 227 cm³/mol. The lowest BCUT2D eigenvalue weighted by molar-refractivity contribution is -0.131. The minimum Gasteiger partial charge on any atom is -0.403 e. The maximum absolute atomic E-state index is 11.9. The van der Waals surface area contributed by atoms with Crippen molar-refractivity contribution in [3.8, 4) is 0 Å². The van der Waals surface area contributed by atoms with E-state index in [1.54, 1.807) is 55.3 Å². The highest BCUT2D eigenvalue weighted by Crippen LogP contribution is 2.61. The van der Waals surface area contributed by atoms with E-state index in [1.165, 1.54) is 14.5 Å². The summed E-state index contributed by atoms with van der Waals surface area (Å²) in [4.78, 5) is 93.1. The van der Waals surface area contributed by atoms with Crippen LogP contribution in [0.5, 0.6) is 0 Å². The summed E-state index contributed by atoms with van der Waals surface area (Å²) in [6, 6.07) is 0. The highest BCUT2D eigenvalue weighted by Gasteiger charge is 2.58. The molecular formula is C38H62B4N8O11. The lowest BCUT2D eigenvalue weighted by Crippen LogP contribution is -2.38. The van der Waals surface area contributed by atoms with Crippen LogP contribution in [0.25, 0.3) is 0 Å². The molecule has 0 aromatic rings. The quantitative estimate of drug-likeness (QED) is 0.0504. The molecule has 0 aromatic heterocycles. The monoisotopic (exact) mass is 855 g/mol. The Bertz CT molecular complexity index is 1690. The van der Waals surface area contributed by atoms with E-state index >= 15 is 0 Å². The van der Waals surface area contributed by atoms with Crippen LogP contribution in [-0.2, 0) is 47.8 Å². The molecular weight excluding hydrogens is 788 g/mol. The number of rotatable bonds is 14. The van der Waals surface area contributed by atoms with Gasteiger partial charge in [-0.1, -0.05) is 39.4 Å². The van der Waals surface area contributed by atoms with Crippen molar-refractivity contribution < 1.29 is 58.6 Å². The second kappa shape index (κ2) is 22.1. The van der Waals surface area contributed by atoms with Gasteiger partial charge in [-0.25, -0.2) is 0 Å². The van der Waals surface area contributed by atoms with Crippen LogP contribution in [0.2, 0.25) is 32.9 Å². The predicted octanol–water partition coefficient (Wildman–Crippen LogP) is -2.39. The van der Waals surface area contributed by atoms with E-state index in [0.29, 0.717) is 32.3 Å². The molecule has 6 fully saturated rings. The Balaban J connectivity index is 0.000000231. The minimum absolute atomic E-state index is 0.0834. The van der Waals surface area contributed by atoms with Crippen molar-refractivity contribution in [3.05, 3.63) is 12.2 Å². The maximum Gasteiger partial charge on any atom is 0.242 e. The van der Waals surface area contributed by atoms with E-state index in [9.17, 15) is 43.5 Å². The molecule has 6 rings (SSSR count). The van der Waals surface area contributed by atoms with E-state index in [1.807, 2.05) is 17.2 Å². The van der Waals surface area contributed by atoms with Gasteiger partial charge < -0.3 is 58.4 Å². The van der Waals surface area contributed by atoms with Crippen molar-refractivity contribution in [1.29, 1.82) is 0 Å². The van der Waals surface area contributed by atoms with Gasteiger partial charge in [-0.3, -0.25) is 38.4 Å². The summed E-state index contributed by atoms with van der Waals surface area (Å²) in [5, 5.41) is 19.7. The number of aliphatic hydroxyl groups is 1. The number of hydrogen-bond acceptors (Lipinski definition) is 11. The zero-order chi connectivity index (χ0) is 48.7. The maximum atomic E-state index is 11.9. The Hall–Kier alpha value is -4.36. The molecule has 2 unspecified atom stereocenters. The number of aliphatic hydroxyl groups excluding tert-OH is 1. The van der Waals surface area contributed by atoms with E-state index in [2.05, 4.69) is 27.5 Å². The van der Waals surface area contributed by atoms with Crippen molar-refractivity contribution in [2.75, 3.05) is 20.3 Å². The number of epoxide rings is 1. The van der Waals surface area contributed by atoms with Gasteiger partial charge in [0.05, 0.1) is 59.9 Å². The molecule has 6 aliphatic rings. The average molecular weight is 854 g/mol. The molecule has 0 bridgehead atoms. The fourth-order valence-electron chi connectivity index (χ4n) is 9.11. The number of hydrogen-bond donors (Lipinski definition) is 9. The molecule has 23 heteroatoms. The third kappa shape index (κ3) is 13.3. The molecule has 4 radical (unpaired) electrons. The third-order valence-corrected chi connectivity index (χ3v) is 12.7. The van der Waals surface area contributed by atoms with Crippen LogP contribution in [0.1, 0.15) is 64.2 Å². The summed E-state index contributed by atoms with van der Waals surface area (Å²) in [5.74, 6) is -5.88. The molecule has 5 saturated carbocycles. The molecule has 10 atom stereocenters. The summed E-state index contributed by atoms with van der Waals surface area (Å²) in [5.41, 5.74) is 7.39. The normalized spacial score (nSPS) is 32.5. The lowest BCUT2D eigenvalue weighted by atomic mass is 9.91. The zero-order valence-electron chi connectivity index (χ0n) is 39.7. The van der Waals surface area contributed by atoms with Crippen molar-refractivity contribution in [1.82, 2.24) is 20.9 Å². The van der Waals surface area contributed by atoms with E-state index in [4.69, 9.17) is 15.1 Å². The van der Waals surface area contributed by atoms with Crippen molar-refractivity contribution in [3.63, 3.8) is 0 Å². The highest BCUT2D eigenvalue weighted by molar-refractivity contribution is 6.36. The van der Waals surface area contributed by atoms with Gasteiger partial charge in [0.2, 0.25) is 76.9 Å². The van der Waals surface area contributed by atoms with Gasteiger partial charge >= 0.3 is 0 Å². The molecule has 19 nitrogen and oxygen atoms in total. The molecule has 0 aromatic carbocycles. The first-order chi connectivity index (χ1) is 30.9. The van der Waals surface area contributed by atoms with Crippen LogP contribution in [0, 0.1) is 52.8 Å². The highest BCUT2D eigenvalue weighted by atomic mass is 16.6. The van der Waals surface area contributed by atoms with Crippen LogP contribution in [0.4, 0.5) is 0 Å². The zero-order valence-corrected chi connectivity index (χ0v) is 35.7. The number of primary amides is 4. The topological polar surface area (TPSA) is 331 Å². The molecule has 332 valence electrons. The van der Waals surface area contributed by atoms with Crippen LogP contribution >= 0.6 is 0 Å². The summed E-state index contributed by atoms with van der Waals surface area (Å²) >= 11 is 0. The van der Waals surface area contributed by atoms with Gasteiger partial charge in [-0.15, -0.1) is 0 Å². The van der Waals surface area contributed by atoms with Crippen molar-refractivity contribution >= 4 is 76.9 Å². The van der Waals surface area contributed by atoms with Crippen LogP contribution in [0.3, 0.4) is 0 Å². The molecule has 61 heavy (non-hydrogen) atoms. The molecule has 1 saturated heterocycles. The van der Waals surface area contributed by atoms with Gasteiger partial charge in [-0.2, -0.15) is 0 Å².